The van der Waals surface area contributed by atoms with Gasteiger partial charge in [-0.25, -0.2) is 4.39 Å². The number of aliphatic hydroxyl groups excluding tert-OH is 1. The highest BCUT2D eigenvalue weighted by atomic mass is 79.9. The minimum absolute atomic E-state index is 0.310. The SMILES string of the molecule is Cc1ccc(F)cc1C(O)CBr. The molecule has 1 N–H and O–H groups in total. The molecular weight excluding hydrogens is 223 g/mol. The number of benzene rings is 1. The first-order valence-corrected chi connectivity index (χ1v) is 4.77. The van der Waals surface area contributed by atoms with Crippen LogP contribution in [0.1, 0.15) is 17.2 Å². The summed E-state index contributed by atoms with van der Waals surface area (Å²) in [4.78, 5) is 0. The Morgan fingerprint density at radius 1 is 1.58 bits per heavy atom. The van der Waals surface area contributed by atoms with Crippen molar-refractivity contribution in [3.05, 3.63) is 35.1 Å². The first kappa shape index (κ1) is 9.68. The fraction of sp³-hybridized carbons (Fsp3) is 0.333. The van der Waals surface area contributed by atoms with Gasteiger partial charge in [-0.05, 0) is 30.2 Å². The van der Waals surface area contributed by atoms with Crippen LogP contribution < -0.4 is 0 Å². The molecule has 66 valence electrons. The van der Waals surface area contributed by atoms with Gasteiger partial charge in [0.05, 0.1) is 6.10 Å². The minimum Gasteiger partial charge on any atom is -0.388 e. The van der Waals surface area contributed by atoms with Crippen molar-refractivity contribution in [1.82, 2.24) is 0 Å². The van der Waals surface area contributed by atoms with Crippen LogP contribution in [-0.4, -0.2) is 10.4 Å². The lowest BCUT2D eigenvalue weighted by Crippen LogP contribution is -2.01. The van der Waals surface area contributed by atoms with E-state index >= 15 is 0 Å². The van der Waals surface area contributed by atoms with Gasteiger partial charge in [0, 0.05) is 5.33 Å². The van der Waals surface area contributed by atoms with Crippen LogP contribution in [-0.2, 0) is 0 Å². The topological polar surface area (TPSA) is 20.2 Å². The largest absolute Gasteiger partial charge is 0.388 e. The molecule has 1 aromatic carbocycles. The zero-order valence-electron chi connectivity index (χ0n) is 6.72. The maximum absolute atomic E-state index is 12.7. The fourth-order valence-corrected chi connectivity index (χ4v) is 1.40. The molecule has 0 saturated heterocycles. The standard InChI is InChI=1S/C9H10BrFO/c1-6-2-3-7(11)4-8(6)9(12)5-10/h2-4,9,12H,5H2,1H3. The number of alkyl halides is 1. The molecule has 0 heterocycles. The average Bonchev–Trinajstić information content (AvgIpc) is 2.08. The van der Waals surface area contributed by atoms with Crippen molar-refractivity contribution < 1.29 is 9.50 Å². The molecule has 0 aliphatic rings. The molecular formula is C9H10BrFO. The molecule has 0 aromatic heterocycles. The molecule has 0 aliphatic heterocycles. The first-order chi connectivity index (χ1) is 5.65. The van der Waals surface area contributed by atoms with Crippen LogP contribution in [0.15, 0.2) is 18.2 Å². The van der Waals surface area contributed by atoms with Crippen LogP contribution in [0.5, 0.6) is 0 Å². The zero-order chi connectivity index (χ0) is 9.14. The van der Waals surface area contributed by atoms with Crippen molar-refractivity contribution >= 4 is 15.9 Å². The van der Waals surface area contributed by atoms with Crippen LogP contribution in [0.25, 0.3) is 0 Å². The third kappa shape index (κ3) is 2.05. The molecule has 3 heteroatoms. The predicted octanol–water partition coefficient (Wildman–Crippen LogP) is 2.56. The molecule has 0 radical (unpaired) electrons. The zero-order valence-corrected chi connectivity index (χ0v) is 8.31. The van der Waals surface area contributed by atoms with Crippen molar-refractivity contribution in [2.45, 2.75) is 13.0 Å². The molecule has 12 heavy (non-hydrogen) atoms. The van der Waals surface area contributed by atoms with Crippen molar-refractivity contribution in [3.63, 3.8) is 0 Å². The van der Waals surface area contributed by atoms with E-state index in [0.29, 0.717) is 10.9 Å². The second-order valence-electron chi connectivity index (χ2n) is 2.67. The lowest BCUT2D eigenvalue weighted by atomic mass is 10.0. The number of halogens is 2. The summed E-state index contributed by atoms with van der Waals surface area (Å²) in [5, 5.41) is 9.85. The Balaban J connectivity index is 3.04. The molecule has 0 saturated carbocycles. The number of aryl methyl sites for hydroxylation is 1. The van der Waals surface area contributed by atoms with Crippen LogP contribution in [0.2, 0.25) is 0 Å². The Kier molecular flexibility index (Phi) is 3.23. The predicted molar refractivity (Wildman–Crippen MR) is 49.9 cm³/mol. The summed E-state index contributed by atoms with van der Waals surface area (Å²) in [6.45, 7) is 1.85. The van der Waals surface area contributed by atoms with Crippen LogP contribution in [0.3, 0.4) is 0 Å². The lowest BCUT2D eigenvalue weighted by molar-refractivity contribution is 0.204. The fourth-order valence-electron chi connectivity index (χ4n) is 1.05. The van der Waals surface area contributed by atoms with E-state index in [1.807, 2.05) is 6.92 Å². The molecule has 1 aromatic rings. The highest BCUT2D eigenvalue weighted by Crippen LogP contribution is 2.20. The smallest absolute Gasteiger partial charge is 0.123 e. The molecule has 0 fully saturated rings. The molecule has 0 aliphatic carbocycles. The third-order valence-electron chi connectivity index (χ3n) is 1.75. The minimum atomic E-state index is -0.624. The number of rotatable bonds is 2. The van der Waals surface area contributed by atoms with Crippen LogP contribution in [0.4, 0.5) is 4.39 Å². The van der Waals surface area contributed by atoms with E-state index in [1.54, 1.807) is 6.07 Å². The number of hydrogen-bond donors (Lipinski definition) is 1. The highest BCUT2D eigenvalue weighted by molar-refractivity contribution is 9.09. The monoisotopic (exact) mass is 232 g/mol. The third-order valence-corrected chi connectivity index (χ3v) is 2.36. The molecule has 1 rings (SSSR count). The van der Waals surface area contributed by atoms with E-state index in [9.17, 15) is 9.50 Å². The van der Waals surface area contributed by atoms with Gasteiger partial charge in [0.15, 0.2) is 0 Å². The van der Waals surface area contributed by atoms with E-state index in [-0.39, 0.29) is 5.82 Å². The highest BCUT2D eigenvalue weighted by Gasteiger charge is 2.09. The van der Waals surface area contributed by atoms with Gasteiger partial charge in [0.25, 0.3) is 0 Å². The van der Waals surface area contributed by atoms with Crippen molar-refractivity contribution in [2.24, 2.45) is 0 Å². The Morgan fingerprint density at radius 3 is 2.83 bits per heavy atom. The molecule has 0 amide bonds. The number of aliphatic hydroxyl groups is 1. The summed E-state index contributed by atoms with van der Waals surface area (Å²) in [6.07, 6.45) is -0.624. The van der Waals surface area contributed by atoms with Gasteiger partial charge in [-0.3, -0.25) is 0 Å². The van der Waals surface area contributed by atoms with E-state index in [4.69, 9.17) is 0 Å². The Bertz CT molecular complexity index is 275. The maximum Gasteiger partial charge on any atom is 0.123 e. The van der Waals surface area contributed by atoms with Gasteiger partial charge in [-0.1, -0.05) is 22.0 Å². The van der Waals surface area contributed by atoms with Gasteiger partial charge >= 0.3 is 0 Å². The Labute approximate surface area is 79.4 Å². The van der Waals surface area contributed by atoms with Gasteiger partial charge in [-0.15, -0.1) is 0 Å². The summed E-state index contributed by atoms with van der Waals surface area (Å²) in [5.74, 6) is -0.310. The molecule has 0 spiro atoms. The Hall–Kier alpha value is -0.410. The second-order valence-corrected chi connectivity index (χ2v) is 3.32. The van der Waals surface area contributed by atoms with E-state index < -0.39 is 6.10 Å². The first-order valence-electron chi connectivity index (χ1n) is 3.65. The van der Waals surface area contributed by atoms with Crippen LogP contribution in [0, 0.1) is 12.7 Å². The van der Waals surface area contributed by atoms with E-state index in [2.05, 4.69) is 15.9 Å². The quantitative estimate of drug-likeness (QED) is 0.778. The summed E-state index contributed by atoms with van der Waals surface area (Å²) in [7, 11) is 0. The normalized spacial score (nSPS) is 13.0. The average molecular weight is 233 g/mol. The van der Waals surface area contributed by atoms with E-state index in [1.165, 1.54) is 12.1 Å². The summed E-state index contributed by atoms with van der Waals surface area (Å²) in [6, 6.07) is 4.41. The van der Waals surface area contributed by atoms with Gasteiger partial charge in [-0.2, -0.15) is 0 Å². The summed E-state index contributed by atoms with van der Waals surface area (Å²) >= 11 is 3.14. The Morgan fingerprint density at radius 2 is 2.25 bits per heavy atom. The van der Waals surface area contributed by atoms with Gasteiger partial charge < -0.3 is 5.11 Å². The molecule has 0 bridgehead atoms. The van der Waals surface area contributed by atoms with Crippen molar-refractivity contribution in [2.75, 3.05) is 5.33 Å². The maximum atomic E-state index is 12.7. The second kappa shape index (κ2) is 4.01. The van der Waals surface area contributed by atoms with E-state index in [0.717, 1.165) is 5.56 Å². The molecule has 1 nitrogen and oxygen atoms in total. The summed E-state index contributed by atoms with van der Waals surface area (Å²) < 4.78 is 12.7. The van der Waals surface area contributed by atoms with Crippen molar-refractivity contribution in [3.8, 4) is 0 Å². The van der Waals surface area contributed by atoms with Crippen molar-refractivity contribution in [1.29, 1.82) is 0 Å². The lowest BCUT2D eigenvalue weighted by Gasteiger charge is -2.10. The molecule has 1 atom stereocenters. The molecule has 1 unspecified atom stereocenters. The van der Waals surface area contributed by atoms with Gasteiger partial charge in [0.2, 0.25) is 0 Å². The van der Waals surface area contributed by atoms with Gasteiger partial charge in [0.1, 0.15) is 5.82 Å². The summed E-state index contributed by atoms with van der Waals surface area (Å²) in [5.41, 5.74) is 1.55. The number of hydrogen-bond acceptors (Lipinski definition) is 1. The van der Waals surface area contributed by atoms with Crippen LogP contribution >= 0.6 is 15.9 Å².